The van der Waals surface area contributed by atoms with Crippen LogP contribution in [0.5, 0.6) is 5.75 Å². The van der Waals surface area contributed by atoms with Crippen LogP contribution in [0.3, 0.4) is 0 Å². The molecule has 0 heterocycles. The summed E-state index contributed by atoms with van der Waals surface area (Å²) in [6.45, 7) is 4.84. The molecule has 2 heteroatoms. The average molecular weight is 182 g/mol. The minimum absolute atomic E-state index is 0.734. The molecule has 0 aliphatic carbocycles. The number of rotatable bonds is 3. The molecule has 0 radical (unpaired) electrons. The highest BCUT2D eigenvalue weighted by molar-refractivity contribution is 7.98. The first-order valence-corrected chi connectivity index (χ1v) is 5.28. The lowest BCUT2D eigenvalue weighted by molar-refractivity contribution is 0.340. The van der Waals surface area contributed by atoms with Gasteiger partial charge in [0.1, 0.15) is 5.75 Å². The maximum absolute atomic E-state index is 5.38. The standard InChI is InChI=1S/C10H14OS/c1-4-11-9-5-6-10(12-3)8(2)7-9/h5-7H,4H2,1-3H3. The van der Waals surface area contributed by atoms with Gasteiger partial charge in [-0.15, -0.1) is 11.8 Å². The zero-order chi connectivity index (χ0) is 8.97. The zero-order valence-electron chi connectivity index (χ0n) is 7.76. The molecule has 12 heavy (non-hydrogen) atoms. The summed E-state index contributed by atoms with van der Waals surface area (Å²) in [7, 11) is 0. The summed E-state index contributed by atoms with van der Waals surface area (Å²) in [5.41, 5.74) is 1.29. The van der Waals surface area contributed by atoms with Gasteiger partial charge in [-0.2, -0.15) is 0 Å². The Morgan fingerprint density at radius 2 is 2.17 bits per heavy atom. The van der Waals surface area contributed by atoms with Crippen molar-refractivity contribution < 1.29 is 4.74 Å². The maximum atomic E-state index is 5.38. The van der Waals surface area contributed by atoms with Crippen LogP contribution in [0.1, 0.15) is 12.5 Å². The van der Waals surface area contributed by atoms with Crippen LogP contribution >= 0.6 is 11.8 Å². The smallest absolute Gasteiger partial charge is 0.119 e. The van der Waals surface area contributed by atoms with Gasteiger partial charge < -0.3 is 4.74 Å². The molecule has 0 saturated carbocycles. The molecule has 0 aromatic heterocycles. The summed E-state index contributed by atoms with van der Waals surface area (Å²) in [5, 5.41) is 0. The van der Waals surface area contributed by atoms with Crippen LogP contribution in [-0.4, -0.2) is 12.9 Å². The SMILES string of the molecule is CCOc1ccc(SC)c(C)c1. The highest BCUT2D eigenvalue weighted by atomic mass is 32.2. The summed E-state index contributed by atoms with van der Waals surface area (Å²) >= 11 is 1.77. The molecule has 0 bridgehead atoms. The Bertz CT molecular complexity index is 258. The van der Waals surface area contributed by atoms with Gasteiger partial charge in [0.05, 0.1) is 6.61 Å². The van der Waals surface area contributed by atoms with Gasteiger partial charge in [0, 0.05) is 4.90 Å². The number of hydrogen-bond donors (Lipinski definition) is 0. The Kier molecular flexibility index (Phi) is 3.48. The van der Waals surface area contributed by atoms with E-state index in [1.165, 1.54) is 10.5 Å². The first kappa shape index (κ1) is 9.46. The lowest BCUT2D eigenvalue weighted by Gasteiger charge is -2.06. The van der Waals surface area contributed by atoms with E-state index in [1.807, 2.05) is 13.0 Å². The van der Waals surface area contributed by atoms with Crippen LogP contribution in [0, 0.1) is 6.92 Å². The van der Waals surface area contributed by atoms with Gasteiger partial charge in [-0.3, -0.25) is 0 Å². The van der Waals surface area contributed by atoms with E-state index in [9.17, 15) is 0 Å². The summed E-state index contributed by atoms with van der Waals surface area (Å²) in [5.74, 6) is 0.966. The molecule has 0 atom stereocenters. The second-order valence-corrected chi connectivity index (χ2v) is 3.41. The highest BCUT2D eigenvalue weighted by Crippen LogP contribution is 2.23. The third kappa shape index (κ3) is 2.18. The normalized spacial score (nSPS) is 9.92. The van der Waals surface area contributed by atoms with Crippen molar-refractivity contribution in [3.8, 4) is 5.75 Å². The number of benzene rings is 1. The summed E-state index contributed by atoms with van der Waals surface area (Å²) in [4.78, 5) is 1.32. The van der Waals surface area contributed by atoms with E-state index >= 15 is 0 Å². The number of thioether (sulfide) groups is 1. The van der Waals surface area contributed by atoms with Crippen molar-refractivity contribution in [3.05, 3.63) is 23.8 Å². The largest absolute Gasteiger partial charge is 0.494 e. The zero-order valence-corrected chi connectivity index (χ0v) is 8.57. The van der Waals surface area contributed by atoms with Gasteiger partial charge in [0.15, 0.2) is 0 Å². The van der Waals surface area contributed by atoms with E-state index in [0.29, 0.717) is 0 Å². The molecular formula is C10H14OS. The molecule has 1 rings (SSSR count). The van der Waals surface area contributed by atoms with Crippen molar-refractivity contribution in [2.24, 2.45) is 0 Å². The highest BCUT2D eigenvalue weighted by Gasteiger charge is 1.98. The predicted molar refractivity (Wildman–Crippen MR) is 54.1 cm³/mol. The minimum Gasteiger partial charge on any atom is -0.494 e. The molecule has 0 aliphatic heterocycles. The molecule has 0 aliphatic rings. The fraction of sp³-hybridized carbons (Fsp3) is 0.400. The molecule has 1 aromatic carbocycles. The Labute approximate surface area is 78.1 Å². The van der Waals surface area contributed by atoms with Crippen molar-refractivity contribution >= 4 is 11.8 Å². The lowest BCUT2D eigenvalue weighted by Crippen LogP contribution is -1.91. The van der Waals surface area contributed by atoms with E-state index in [1.54, 1.807) is 11.8 Å². The molecule has 0 fully saturated rings. The number of ether oxygens (including phenoxy) is 1. The van der Waals surface area contributed by atoms with E-state index in [0.717, 1.165) is 12.4 Å². The second-order valence-electron chi connectivity index (χ2n) is 2.56. The molecule has 0 spiro atoms. The number of aryl methyl sites for hydroxylation is 1. The lowest BCUT2D eigenvalue weighted by atomic mass is 10.2. The molecule has 0 saturated heterocycles. The molecule has 66 valence electrons. The van der Waals surface area contributed by atoms with Gasteiger partial charge in [0.25, 0.3) is 0 Å². The average Bonchev–Trinajstić information content (AvgIpc) is 2.05. The van der Waals surface area contributed by atoms with Gasteiger partial charge in [0.2, 0.25) is 0 Å². The predicted octanol–water partition coefficient (Wildman–Crippen LogP) is 3.12. The van der Waals surface area contributed by atoms with Crippen LogP contribution < -0.4 is 4.74 Å². The third-order valence-corrected chi connectivity index (χ3v) is 2.58. The summed E-state index contributed by atoms with van der Waals surface area (Å²) in [6, 6.07) is 6.20. The molecule has 0 amide bonds. The quantitative estimate of drug-likeness (QED) is 0.664. The maximum Gasteiger partial charge on any atom is 0.119 e. The monoisotopic (exact) mass is 182 g/mol. The van der Waals surface area contributed by atoms with E-state index in [2.05, 4.69) is 25.3 Å². The molecule has 1 aromatic rings. The third-order valence-electron chi connectivity index (χ3n) is 1.68. The Hall–Kier alpha value is -0.630. The summed E-state index contributed by atoms with van der Waals surface area (Å²) in [6.07, 6.45) is 2.09. The molecule has 0 N–H and O–H groups in total. The van der Waals surface area contributed by atoms with Crippen molar-refractivity contribution in [2.75, 3.05) is 12.9 Å². The van der Waals surface area contributed by atoms with E-state index < -0.39 is 0 Å². The van der Waals surface area contributed by atoms with Crippen LogP contribution in [-0.2, 0) is 0 Å². The molecule has 0 unspecified atom stereocenters. The van der Waals surface area contributed by atoms with Gasteiger partial charge in [-0.05, 0) is 43.9 Å². The van der Waals surface area contributed by atoms with Gasteiger partial charge >= 0.3 is 0 Å². The van der Waals surface area contributed by atoms with E-state index in [4.69, 9.17) is 4.74 Å². The molecular weight excluding hydrogens is 168 g/mol. The Morgan fingerprint density at radius 3 is 2.67 bits per heavy atom. The first-order chi connectivity index (χ1) is 5.77. The van der Waals surface area contributed by atoms with Crippen molar-refractivity contribution in [1.29, 1.82) is 0 Å². The Morgan fingerprint density at radius 1 is 1.42 bits per heavy atom. The second kappa shape index (κ2) is 4.41. The van der Waals surface area contributed by atoms with Gasteiger partial charge in [-0.25, -0.2) is 0 Å². The van der Waals surface area contributed by atoms with Crippen molar-refractivity contribution in [1.82, 2.24) is 0 Å². The van der Waals surface area contributed by atoms with Crippen LogP contribution in [0.25, 0.3) is 0 Å². The van der Waals surface area contributed by atoms with Crippen LogP contribution in [0.15, 0.2) is 23.1 Å². The minimum atomic E-state index is 0.734. The fourth-order valence-corrected chi connectivity index (χ4v) is 1.69. The Balaban J connectivity index is 2.86. The molecule has 1 nitrogen and oxygen atoms in total. The van der Waals surface area contributed by atoms with Crippen molar-refractivity contribution in [3.63, 3.8) is 0 Å². The van der Waals surface area contributed by atoms with Crippen molar-refractivity contribution in [2.45, 2.75) is 18.7 Å². The number of hydrogen-bond acceptors (Lipinski definition) is 2. The van der Waals surface area contributed by atoms with Gasteiger partial charge in [-0.1, -0.05) is 0 Å². The fourth-order valence-electron chi connectivity index (χ4n) is 1.11. The topological polar surface area (TPSA) is 9.23 Å². The first-order valence-electron chi connectivity index (χ1n) is 4.05. The van der Waals surface area contributed by atoms with Crippen LogP contribution in [0.2, 0.25) is 0 Å². The summed E-state index contributed by atoms with van der Waals surface area (Å²) < 4.78 is 5.38. The van der Waals surface area contributed by atoms with E-state index in [-0.39, 0.29) is 0 Å². The van der Waals surface area contributed by atoms with Crippen LogP contribution in [0.4, 0.5) is 0 Å².